The van der Waals surface area contributed by atoms with Crippen LogP contribution in [0.1, 0.15) is 60.0 Å². The fraction of sp³-hybridized carbons (Fsp3) is 0.292. The number of carbonyl (C=O) groups is 1. The molecular formula is C24H27N9O4S. The molecule has 1 amide bonds. The Morgan fingerprint density at radius 1 is 1.21 bits per heavy atom. The summed E-state index contributed by atoms with van der Waals surface area (Å²) >= 11 is 1.06. The molecule has 0 unspecified atom stereocenters. The van der Waals surface area contributed by atoms with Gasteiger partial charge in [-0.1, -0.05) is 13.8 Å². The molecule has 0 radical (unpaired) electrons. The Morgan fingerprint density at radius 3 is 2.66 bits per heavy atom. The standard InChI is InChI=1S/C24H27N9O4S/c1-4-33(12-14-9-29-20(13(2)3)31-21(14)34)24(36)16-6-5-15(10-27-16)30-23-18(22(35)32-38-23)19(25)28-11-17-26-7-8-37-17/h5-10,13,30H,4,11-12H2,1-3H3,(H2,25,28)(H,32,35)(H,29,31,34). The van der Waals surface area contributed by atoms with Crippen molar-refractivity contribution in [2.45, 2.75) is 39.8 Å². The predicted molar refractivity (Wildman–Crippen MR) is 143 cm³/mol. The third-order valence-corrected chi connectivity index (χ3v) is 6.33. The molecule has 4 rings (SSSR count). The third kappa shape index (κ3) is 6.03. The fourth-order valence-electron chi connectivity index (χ4n) is 3.45. The molecule has 38 heavy (non-hydrogen) atoms. The molecule has 4 aromatic heterocycles. The second-order valence-corrected chi connectivity index (χ2v) is 9.34. The maximum atomic E-state index is 13.1. The Kier molecular flexibility index (Phi) is 8.11. The van der Waals surface area contributed by atoms with Gasteiger partial charge in [-0.25, -0.2) is 15.0 Å². The summed E-state index contributed by atoms with van der Waals surface area (Å²) in [6.07, 6.45) is 5.90. The highest BCUT2D eigenvalue weighted by atomic mass is 32.1. The van der Waals surface area contributed by atoms with Crippen LogP contribution in [0.4, 0.5) is 10.7 Å². The Balaban J connectivity index is 1.46. The van der Waals surface area contributed by atoms with E-state index in [-0.39, 0.29) is 47.6 Å². The van der Waals surface area contributed by atoms with E-state index in [1.165, 1.54) is 29.8 Å². The molecule has 14 heteroatoms. The number of aromatic amines is 2. The largest absolute Gasteiger partial charge is 0.447 e. The van der Waals surface area contributed by atoms with E-state index < -0.39 is 5.56 Å². The third-order valence-electron chi connectivity index (χ3n) is 5.53. The number of rotatable bonds is 10. The lowest BCUT2D eigenvalue weighted by molar-refractivity contribution is 0.0746. The van der Waals surface area contributed by atoms with Crippen LogP contribution in [0, 0.1) is 0 Å². The molecule has 0 saturated heterocycles. The van der Waals surface area contributed by atoms with Crippen molar-refractivity contribution in [2.75, 3.05) is 11.9 Å². The highest BCUT2D eigenvalue weighted by Crippen LogP contribution is 2.22. The summed E-state index contributed by atoms with van der Waals surface area (Å²) in [6.45, 7) is 6.25. The SMILES string of the molecule is CCN(Cc1cnc(C(C)C)[nH]c1=O)C(=O)c1ccc(Nc2s[nH]c(=O)c2C(N)=NCc2ncco2)cn1. The lowest BCUT2D eigenvalue weighted by Crippen LogP contribution is -2.33. The molecule has 0 atom stereocenters. The van der Waals surface area contributed by atoms with Gasteiger partial charge in [0, 0.05) is 18.7 Å². The van der Waals surface area contributed by atoms with Gasteiger partial charge in [0.1, 0.15) is 40.7 Å². The number of nitrogens with one attached hydrogen (secondary N) is 3. The molecular weight excluding hydrogens is 510 g/mol. The first-order chi connectivity index (χ1) is 18.3. The normalized spacial score (nSPS) is 11.6. The van der Waals surface area contributed by atoms with E-state index in [0.717, 1.165) is 11.5 Å². The van der Waals surface area contributed by atoms with Gasteiger partial charge in [-0.15, -0.1) is 0 Å². The number of hydrogen-bond donors (Lipinski definition) is 4. The fourth-order valence-corrected chi connectivity index (χ4v) is 4.21. The summed E-state index contributed by atoms with van der Waals surface area (Å²) in [5, 5.41) is 3.53. The molecule has 4 aromatic rings. The van der Waals surface area contributed by atoms with Gasteiger partial charge in [0.25, 0.3) is 17.0 Å². The Bertz CT molecular complexity index is 1540. The first-order valence-corrected chi connectivity index (χ1v) is 12.6. The molecule has 0 aliphatic heterocycles. The van der Waals surface area contributed by atoms with E-state index >= 15 is 0 Å². The summed E-state index contributed by atoms with van der Waals surface area (Å²) in [4.78, 5) is 58.8. The number of amidine groups is 1. The number of nitrogens with two attached hydrogens (primary N) is 1. The lowest BCUT2D eigenvalue weighted by Gasteiger charge is -2.20. The smallest absolute Gasteiger partial charge is 0.272 e. The topological polar surface area (TPSA) is 188 Å². The van der Waals surface area contributed by atoms with E-state index in [0.29, 0.717) is 34.5 Å². The average molecular weight is 538 g/mol. The van der Waals surface area contributed by atoms with Gasteiger partial charge in [-0.3, -0.25) is 23.7 Å². The maximum Gasteiger partial charge on any atom is 0.272 e. The quantitative estimate of drug-likeness (QED) is 0.174. The highest BCUT2D eigenvalue weighted by Gasteiger charge is 2.19. The van der Waals surface area contributed by atoms with Gasteiger partial charge in [-0.2, -0.15) is 0 Å². The zero-order chi connectivity index (χ0) is 27.2. The summed E-state index contributed by atoms with van der Waals surface area (Å²) in [6, 6.07) is 3.22. The molecule has 0 aromatic carbocycles. The van der Waals surface area contributed by atoms with Crippen molar-refractivity contribution in [1.29, 1.82) is 0 Å². The van der Waals surface area contributed by atoms with E-state index in [4.69, 9.17) is 10.2 Å². The molecule has 198 valence electrons. The molecule has 5 N–H and O–H groups in total. The molecule has 0 aliphatic rings. The van der Waals surface area contributed by atoms with Crippen LogP contribution in [0.5, 0.6) is 0 Å². The van der Waals surface area contributed by atoms with Crippen molar-refractivity contribution in [2.24, 2.45) is 10.7 Å². The molecule has 0 saturated carbocycles. The Morgan fingerprint density at radius 2 is 2.03 bits per heavy atom. The Labute approximate surface area is 221 Å². The van der Waals surface area contributed by atoms with E-state index in [9.17, 15) is 14.4 Å². The van der Waals surface area contributed by atoms with Crippen molar-refractivity contribution in [1.82, 2.24) is 29.2 Å². The molecule has 0 aliphatic carbocycles. The second-order valence-electron chi connectivity index (χ2n) is 8.52. The summed E-state index contributed by atoms with van der Waals surface area (Å²) in [5.41, 5.74) is 6.70. The lowest BCUT2D eigenvalue weighted by atomic mass is 10.2. The number of aromatic nitrogens is 5. The minimum atomic E-state index is -0.393. The zero-order valence-corrected chi connectivity index (χ0v) is 21.8. The molecule has 0 fully saturated rings. The van der Waals surface area contributed by atoms with Crippen LogP contribution in [-0.4, -0.2) is 47.5 Å². The van der Waals surface area contributed by atoms with Gasteiger partial charge in [0.15, 0.2) is 0 Å². The van der Waals surface area contributed by atoms with Gasteiger partial charge < -0.3 is 25.4 Å². The molecule has 0 spiro atoms. The first kappa shape index (κ1) is 26.5. The van der Waals surface area contributed by atoms with Crippen molar-refractivity contribution in [3.05, 3.63) is 86.2 Å². The number of anilines is 2. The zero-order valence-electron chi connectivity index (χ0n) is 21.0. The average Bonchev–Trinajstić information content (AvgIpc) is 3.56. The number of pyridine rings is 1. The van der Waals surface area contributed by atoms with Gasteiger partial charge in [-0.05, 0) is 30.6 Å². The summed E-state index contributed by atoms with van der Waals surface area (Å²) < 4.78 is 7.76. The summed E-state index contributed by atoms with van der Waals surface area (Å²) in [5.74, 6) is 0.742. The van der Waals surface area contributed by atoms with E-state index in [1.54, 1.807) is 12.1 Å². The number of aliphatic imine (C=N–C) groups is 1. The first-order valence-electron chi connectivity index (χ1n) is 11.8. The van der Waals surface area contributed by atoms with Crippen molar-refractivity contribution in [3.8, 4) is 0 Å². The van der Waals surface area contributed by atoms with E-state index in [2.05, 4.69) is 34.6 Å². The number of H-pyrrole nitrogens is 2. The van der Waals surface area contributed by atoms with Gasteiger partial charge >= 0.3 is 0 Å². The monoisotopic (exact) mass is 537 g/mol. The predicted octanol–water partition coefficient (Wildman–Crippen LogP) is 2.34. The second kappa shape index (κ2) is 11.6. The Hall–Kier alpha value is -4.59. The maximum absolute atomic E-state index is 13.1. The van der Waals surface area contributed by atoms with Crippen molar-refractivity contribution < 1.29 is 9.21 Å². The summed E-state index contributed by atoms with van der Waals surface area (Å²) in [7, 11) is 0. The number of nitrogens with zero attached hydrogens (tertiary/aromatic N) is 5. The van der Waals surface area contributed by atoms with Crippen LogP contribution < -0.4 is 22.2 Å². The van der Waals surface area contributed by atoms with Crippen LogP contribution in [0.3, 0.4) is 0 Å². The van der Waals surface area contributed by atoms with Gasteiger partial charge in [0.05, 0.1) is 30.2 Å². The number of hydrogen-bond acceptors (Lipinski definition) is 10. The van der Waals surface area contributed by atoms with Crippen molar-refractivity contribution in [3.63, 3.8) is 0 Å². The van der Waals surface area contributed by atoms with Crippen LogP contribution in [0.2, 0.25) is 0 Å². The van der Waals surface area contributed by atoms with Crippen LogP contribution >= 0.6 is 11.5 Å². The van der Waals surface area contributed by atoms with Crippen molar-refractivity contribution >= 4 is 34.0 Å². The van der Waals surface area contributed by atoms with Crippen LogP contribution in [0.15, 0.2) is 56.0 Å². The molecule has 4 heterocycles. The van der Waals surface area contributed by atoms with E-state index in [1.807, 2.05) is 20.8 Å². The number of oxazole rings is 1. The minimum Gasteiger partial charge on any atom is -0.447 e. The van der Waals surface area contributed by atoms with Crippen LogP contribution in [0.25, 0.3) is 0 Å². The highest BCUT2D eigenvalue weighted by molar-refractivity contribution is 7.10. The number of amides is 1. The van der Waals surface area contributed by atoms with Gasteiger partial charge in [0.2, 0.25) is 5.89 Å². The number of carbonyl (C=O) groups excluding carboxylic acids is 1. The molecule has 0 bridgehead atoms. The minimum absolute atomic E-state index is 0.0254. The molecule has 13 nitrogen and oxygen atoms in total. The van der Waals surface area contributed by atoms with Crippen LogP contribution in [-0.2, 0) is 13.1 Å².